The van der Waals surface area contributed by atoms with E-state index in [1.54, 1.807) is 14.2 Å². The molecule has 2 aromatic rings. The van der Waals surface area contributed by atoms with Gasteiger partial charge in [-0.1, -0.05) is 37.3 Å². The minimum Gasteiger partial charge on any atom is -0.497 e. The Morgan fingerprint density at radius 3 is 2.70 bits per heavy atom. The summed E-state index contributed by atoms with van der Waals surface area (Å²) < 4.78 is 16.5. The first-order valence-corrected chi connectivity index (χ1v) is 9.45. The second-order valence-electron chi connectivity index (χ2n) is 6.92. The molecule has 4 heteroatoms. The van der Waals surface area contributed by atoms with Crippen LogP contribution in [-0.4, -0.2) is 39.5 Å². The van der Waals surface area contributed by atoms with Gasteiger partial charge in [-0.3, -0.25) is 4.90 Å². The van der Waals surface area contributed by atoms with Crippen LogP contribution < -0.4 is 9.47 Å². The highest BCUT2D eigenvalue weighted by molar-refractivity contribution is 5.78. The highest BCUT2D eigenvalue weighted by Gasteiger charge is 2.26. The van der Waals surface area contributed by atoms with Gasteiger partial charge in [0.15, 0.2) is 6.79 Å². The van der Waals surface area contributed by atoms with Gasteiger partial charge in [0.1, 0.15) is 11.5 Å². The predicted molar refractivity (Wildman–Crippen MR) is 110 cm³/mol. The van der Waals surface area contributed by atoms with E-state index in [9.17, 15) is 0 Å². The second kappa shape index (κ2) is 9.07. The van der Waals surface area contributed by atoms with Gasteiger partial charge >= 0.3 is 0 Å². The van der Waals surface area contributed by atoms with Crippen molar-refractivity contribution in [2.75, 3.05) is 34.6 Å². The minimum absolute atomic E-state index is 0.207. The smallest absolute Gasteiger partial charge is 0.188 e. The number of hydrogen-bond acceptors (Lipinski definition) is 4. The van der Waals surface area contributed by atoms with Gasteiger partial charge in [-0.15, -0.1) is 0 Å². The SMILES string of the molecule is C=Cc1cccc(-c2cc(OC)ccc2OCOC)c1C1CCCCN1C. The van der Waals surface area contributed by atoms with E-state index in [0.29, 0.717) is 6.04 Å². The molecule has 1 aliphatic rings. The number of ether oxygens (including phenoxy) is 3. The lowest BCUT2D eigenvalue weighted by atomic mass is 9.86. The Morgan fingerprint density at radius 2 is 2.00 bits per heavy atom. The predicted octanol–water partition coefficient (Wildman–Crippen LogP) is 5.14. The Kier molecular flexibility index (Phi) is 6.54. The van der Waals surface area contributed by atoms with Crippen LogP contribution in [0.4, 0.5) is 0 Å². The normalized spacial score (nSPS) is 17.5. The highest BCUT2D eigenvalue weighted by Crippen LogP contribution is 2.42. The molecular weight excluding hydrogens is 338 g/mol. The summed E-state index contributed by atoms with van der Waals surface area (Å²) in [6.45, 7) is 5.38. The van der Waals surface area contributed by atoms with Crippen LogP contribution in [0.15, 0.2) is 43.0 Å². The zero-order valence-electron chi connectivity index (χ0n) is 16.5. The molecule has 27 heavy (non-hydrogen) atoms. The van der Waals surface area contributed by atoms with Crippen molar-refractivity contribution in [1.29, 1.82) is 0 Å². The Bertz CT molecular complexity index is 787. The second-order valence-corrected chi connectivity index (χ2v) is 6.92. The number of rotatable bonds is 7. The zero-order valence-corrected chi connectivity index (χ0v) is 16.5. The van der Waals surface area contributed by atoms with Gasteiger partial charge in [0.05, 0.1) is 7.11 Å². The van der Waals surface area contributed by atoms with E-state index in [1.165, 1.54) is 24.0 Å². The summed E-state index contributed by atoms with van der Waals surface area (Å²) in [7, 11) is 5.52. The molecule has 1 aliphatic heterocycles. The zero-order chi connectivity index (χ0) is 19.2. The molecule has 0 aliphatic carbocycles. The summed E-state index contributed by atoms with van der Waals surface area (Å²) >= 11 is 0. The lowest BCUT2D eigenvalue weighted by Crippen LogP contribution is -2.30. The fraction of sp³-hybridized carbons (Fsp3) is 0.391. The van der Waals surface area contributed by atoms with E-state index in [0.717, 1.165) is 35.6 Å². The average molecular weight is 367 g/mol. The van der Waals surface area contributed by atoms with Crippen molar-refractivity contribution >= 4 is 6.08 Å². The first-order chi connectivity index (χ1) is 13.2. The van der Waals surface area contributed by atoms with Gasteiger partial charge < -0.3 is 14.2 Å². The standard InChI is InChI=1S/C23H29NO3/c1-5-17-9-8-10-19(23(17)21-11-6-7-14-24(21)2)20-15-18(26-4)12-13-22(20)27-16-25-3/h5,8-10,12-13,15,21H,1,6-7,11,14,16H2,2-4H3. The lowest BCUT2D eigenvalue weighted by Gasteiger charge is -2.35. The van der Waals surface area contributed by atoms with Crippen molar-refractivity contribution in [2.24, 2.45) is 0 Å². The maximum Gasteiger partial charge on any atom is 0.188 e. The van der Waals surface area contributed by atoms with Crippen molar-refractivity contribution in [3.8, 4) is 22.6 Å². The van der Waals surface area contributed by atoms with Gasteiger partial charge in [0.2, 0.25) is 0 Å². The molecule has 0 bridgehead atoms. The quantitative estimate of drug-likeness (QED) is 0.634. The van der Waals surface area contributed by atoms with Crippen LogP contribution >= 0.6 is 0 Å². The number of nitrogens with zero attached hydrogens (tertiary/aromatic N) is 1. The van der Waals surface area contributed by atoms with Crippen LogP contribution in [0.5, 0.6) is 11.5 Å². The monoisotopic (exact) mass is 367 g/mol. The molecule has 0 amide bonds. The first-order valence-electron chi connectivity index (χ1n) is 9.45. The van der Waals surface area contributed by atoms with Gasteiger partial charge in [-0.25, -0.2) is 0 Å². The molecule has 1 fully saturated rings. The summed E-state index contributed by atoms with van der Waals surface area (Å²) in [6.07, 6.45) is 5.59. The Balaban J connectivity index is 2.17. The first kappa shape index (κ1) is 19.5. The van der Waals surface area contributed by atoms with E-state index in [4.69, 9.17) is 14.2 Å². The average Bonchev–Trinajstić information content (AvgIpc) is 2.72. The van der Waals surface area contributed by atoms with E-state index < -0.39 is 0 Å². The van der Waals surface area contributed by atoms with E-state index in [2.05, 4.69) is 36.7 Å². The van der Waals surface area contributed by atoms with Gasteiger partial charge in [0.25, 0.3) is 0 Å². The minimum atomic E-state index is 0.207. The van der Waals surface area contributed by atoms with Crippen molar-refractivity contribution < 1.29 is 14.2 Å². The number of benzene rings is 2. The largest absolute Gasteiger partial charge is 0.497 e. The van der Waals surface area contributed by atoms with E-state index in [1.807, 2.05) is 24.3 Å². The van der Waals surface area contributed by atoms with Crippen molar-refractivity contribution in [3.63, 3.8) is 0 Å². The molecular formula is C23H29NO3. The molecule has 1 saturated heterocycles. The van der Waals surface area contributed by atoms with Crippen LogP contribution in [0.2, 0.25) is 0 Å². The lowest BCUT2D eigenvalue weighted by molar-refractivity contribution is 0.0515. The van der Waals surface area contributed by atoms with Crippen LogP contribution in [0.1, 0.15) is 36.4 Å². The third-order valence-corrected chi connectivity index (χ3v) is 5.27. The van der Waals surface area contributed by atoms with Crippen molar-refractivity contribution in [2.45, 2.75) is 25.3 Å². The molecule has 144 valence electrons. The van der Waals surface area contributed by atoms with Crippen LogP contribution in [0.25, 0.3) is 17.2 Å². The van der Waals surface area contributed by atoms with Gasteiger partial charge in [-0.2, -0.15) is 0 Å². The summed E-state index contributed by atoms with van der Waals surface area (Å²) in [4.78, 5) is 2.45. The molecule has 3 rings (SSSR count). The maximum atomic E-state index is 5.87. The number of hydrogen-bond donors (Lipinski definition) is 0. The molecule has 0 N–H and O–H groups in total. The van der Waals surface area contributed by atoms with Crippen LogP contribution in [0.3, 0.4) is 0 Å². The van der Waals surface area contributed by atoms with E-state index in [-0.39, 0.29) is 6.79 Å². The number of likely N-dealkylation sites (tertiary alicyclic amines) is 1. The molecule has 0 aromatic heterocycles. The Morgan fingerprint density at radius 1 is 1.15 bits per heavy atom. The molecule has 0 saturated carbocycles. The highest BCUT2D eigenvalue weighted by atomic mass is 16.7. The molecule has 0 radical (unpaired) electrons. The maximum absolute atomic E-state index is 5.87. The van der Waals surface area contributed by atoms with E-state index >= 15 is 0 Å². The number of piperidine rings is 1. The third kappa shape index (κ3) is 4.18. The van der Waals surface area contributed by atoms with Crippen molar-refractivity contribution in [1.82, 2.24) is 4.90 Å². The molecule has 0 spiro atoms. The topological polar surface area (TPSA) is 30.9 Å². The van der Waals surface area contributed by atoms with Gasteiger partial charge in [-0.05, 0) is 61.3 Å². The third-order valence-electron chi connectivity index (χ3n) is 5.27. The molecule has 1 unspecified atom stereocenters. The fourth-order valence-electron chi connectivity index (χ4n) is 3.90. The van der Waals surface area contributed by atoms with Crippen LogP contribution in [0, 0.1) is 0 Å². The summed E-state index contributed by atoms with van der Waals surface area (Å²) in [5.74, 6) is 1.60. The van der Waals surface area contributed by atoms with Crippen molar-refractivity contribution in [3.05, 3.63) is 54.1 Å². The Labute approximate surface area is 162 Å². The summed E-state index contributed by atoms with van der Waals surface area (Å²) in [5, 5.41) is 0. The van der Waals surface area contributed by atoms with Gasteiger partial charge in [0, 0.05) is 18.7 Å². The summed E-state index contributed by atoms with van der Waals surface area (Å²) in [5.41, 5.74) is 4.66. The molecule has 4 nitrogen and oxygen atoms in total. The molecule has 2 aromatic carbocycles. The van der Waals surface area contributed by atoms with Crippen LogP contribution in [-0.2, 0) is 4.74 Å². The molecule has 1 heterocycles. The Hall–Kier alpha value is -2.30. The summed E-state index contributed by atoms with van der Waals surface area (Å²) in [6, 6.07) is 12.7. The fourth-order valence-corrected chi connectivity index (χ4v) is 3.90. The molecule has 1 atom stereocenters. The number of methoxy groups -OCH3 is 2.